The number of nitrogens with zero attached hydrogens (tertiary/aromatic N) is 3. The molecule has 0 saturated carbocycles. The normalized spacial score (nSPS) is 16.3. The van der Waals surface area contributed by atoms with Gasteiger partial charge in [-0.2, -0.15) is 0 Å². The van der Waals surface area contributed by atoms with Crippen molar-refractivity contribution in [3.8, 4) is 11.5 Å². The minimum atomic E-state index is -0.917. The van der Waals surface area contributed by atoms with E-state index < -0.39 is 17.7 Å². The van der Waals surface area contributed by atoms with Crippen molar-refractivity contribution in [1.82, 2.24) is 10.2 Å². The molecule has 1 atom stereocenters. The number of ketones is 1. The van der Waals surface area contributed by atoms with E-state index in [1.807, 2.05) is 38.1 Å². The van der Waals surface area contributed by atoms with Gasteiger partial charge in [-0.15, -0.1) is 10.2 Å². The molecule has 1 unspecified atom stereocenters. The van der Waals surface area contributed by atoms with Gasteiger partial charge in [-0.05, 0) is 73.5 Å². The Labute approximate surface area is 250 Å². The first kappa shape index (κ1) is 28.7. The van der Waals surface area contributed by atoms with Gasteiger partial charge in [0, 0.05) is 16.3 Å². The highest BCUT2D eigenvalue weighted by Gasteiger charge is 2.48. The van der Waals surface area contributed by atoms with Gasteiger partial charge in [-0.25, -0.2) is 0 Å². The smallest absolute Gasteiger partial charge is 0.301 e. The van der Waals surface area contributed by atoms with Gasteiger partial charge in [0.25, 0.3) is 5.78 Å². The van der Waals surface area contributed by atoms with Crippen molar-refractivity contribution in [2.45, 2.75) is 30.0 Å². The van der Waals surface area contributed by atoms with Crippen LogP contribution in [0.15, 0.2) is 82.7 Å². The van der Waals surface area contributed by atoms with Crippen LogP contribution in [-0.2, 0) is 15.3 Å². The van der Waals surface area contributed by atoms with E-state index in [1.165, 1.54) is 28.0 Å². The molecule has 1 amide bonds. The van der Waals surface area contributed by atoms with Crippen LogP contribution in [0.25, 0.3) is 5.76 Å². The number of ether oxygens (including phenoxy) is 2. The number of aliphatic hydroxyl groups excluding tert-OH is 1. The molecule has 5 rings (SSSR count). The minimum Gasteiger partial charge on any atom is -0.507 e. The summed E-state index contributed by atoms with van der Waals surface area (Å²) in [6, 6.07) is 20.4. The molecule has 4 aromatic rings. The van der Waals surface area contributed by atoms with Gasteiger partial charge < -0.3 is 14.6 Å². The quantitative estimate of drug-likeness (QED) is 0.0682. The molecule has 210 valence electrons. The standard InChI is InChI=1S/C30H26ClN3O5S2/c1-3-38-22-13-7-19(8-14-22)25-24(26(35)20-9-15-23(16-10-20)39-4-2)27(36)28(37)34(25)29-32-33-30(41-29)40-17-18-5-11-21(31)12-6-18/h5-16,25,35H,3-4,17H2,1-2H3/b26-24-. The third kappa shape index (κ3) is 6.24. The highest BCUT2D eigenvalue weighted by molar-refractivity contribution is 8.00. The lowest BCUT2D eigenvalue weighted by molar-refractivity contribution is -0.132. The fourth-order valence-corrected chi connectivity index (χ4v) is 6.32. The van der Waals surface area contributed by atoms with Gasteiger partial charge in [0.05, 0.1) is 24.8 Å². The Balaban J connectivity index is 1.52. The van der Waals surface area contributed by atoms with E-state index in [1.54, 1.807) is 48.5 Å². The van der Waals surface area contributed by atoms with Gasteiger partial charge in [0.2, 0.25) is 5.13 Å². The number of Topliss-reactive ketones (excluding diaryl/α,β-unsaturated/α-hetero) is 1. The summed E-state index contributed by atoms with van der Waals surface area (Å²) in [6.07, 6.45) is 0. The van der Waals surface area contributed by atoms with Crippen LogP contribution in [0.2, 0.25) is 5.02 Å². The Morgan fingerprint density at radius 3 is 2.15 bits per heavy atom. The number of benzene rings is 3. The van der Waals surface area contributed by atoms with Crippen LogP contribution >= 0.6 is 34.7 Å². The predicted octanol–water partition coefficient (Wildman–Crippen LogP) is 6.91. The Bertz CT molecular complexity index is 1570. The largest absolute Gasteiger partial charge is 0.507 e. The highest BCUT2D eigenvalue weighted by Crippen LogP contribution is 2.44. The number of aliphatic hydroxyl groups is 1. The maximum atomic E-state index is 13.5. The van der Waals surface area contributed by atoms with Crippen LogP contribution in [-0.4, -0.2) is 40.2 Å². The topological polar surface area (TPSA) is 102 Å². The molecule has 11 heteroatoms. The molecule has 1 fully saturated rings. The number of hydrogen-bond acceptors (Lipinski definition) is 9. The SMILES string of the molecule is CCOc1ccc(/C(O)=C2/C(=O)C(=O)N(c3nnc(SCc4ccc(Cl)cc4)s3)C2c2ccc(OCC)cc2)cc1. The average molecular weight is 608 g/mol. The summed E-state index contributed by atoms with van der Waals surface area (Å²) in [6.45, 7) is 4.76. The van der Waals surface area contributed by atoms with E-state index in [9.17, 15) is 14.7 Å². The predicted molar refractivity (Wildman–Crippen MR) is 161 cm³/mol. The second kappa shape index (κ2) is 12.8. The second-order valence-electron chi connectivity index (χ2n) is 8.89. The zero-order valence-electron chi connectivity index (χ0n) is 22.2. The molecule has 1 saturated heterocycles. The first-order valence-corrected chi connectivity index (χ1v) is 15.0. The monoisotopic (exact) mass is 607 g/mol. The molecule has 1 aliphatic rings. The summed E-state index contributed by atoms with van der Waals surface area (Å²) >= 11 is 8.66. The van der Waals surface area contributed by atoms with E-state index in [0.29, 0.717) is 51.0 Å². The third-order valence-corrected chi connectivity index (χ3v) is 8.65. The highest BCUT2D eigenvalue weighted by atomic mass is 35.5. The second-order valence-corrected chi connectivity index (χ2v) is 11.5. The van der Waals surface area contributed by atoms with E-state index in [-0.39, 0.29) is 16.5 Å². The number of carbonyl (C=O) groups is 2. The fourth-order valence-electron chi connectivity index (χ4n) is 4.37. The molecular weight excluding hydrogens is 582 g/mol. The lowest BCUT2D eigenvalue weighted by Gasteiger charge is -2.22. The summed E-state index contributed by atoms with van der Waals surface area (Å²) in [5.74, 6) is 0.0313. The number of thioether (sulfide) groups is 1. The lowest BCUT2D eigenvalue weighted by atomic mass is 9.95. The summed E-state index contributed by atoms with van der Waals surface area (Å²) in [7, 11) is 0. The number of hydrogen-bond donors (Lipinski definition) is 1. The van der Waals surface area contributed by atoms with Crippen LogP contribution in [0.4, 0.5) is 5.13 Å². The molecule has 1 N–H and O–H groups in total. The number of anilines is 1. The van der Waals surface area contributed by atoms with Crippen LogP contribution < -0.4 is 14.4 Å². The zero-order valence-corrected chi connectivity index (χ0v) is 24.6. The summed E-state index contributed by atoms with van der Waals surface area (Å²) in [4.78, 5) is 28.2. The Morgan fingerprint density at radius 1 is 0.927 bits per heavy atom. The fraction of sp³-hybridized carbons (Fsp3) is 0.200. The average Bonchev–Trinajstić information content (AvgIpc) is 3.55. The molecule has 0 bridgehead atoms. The van der Waals surface area contributed by atoms with Gasteiger partial charge in [-0.1, -0.05) is 59.0 Å². The van der Waals surface area contributed by atoms with Crippen molar-refractivity contribution in [1.29, 1.82) is 0 Å². The van der Waals surface area contributed by atoms with Crippen LogP contribution in [0.1, 0.15) is 36.6 Å². The molecule has 41 heavy (non-hydrogen) atoms. The first-order chi connectivity index (χ1) is 19.9. The van der Waals surface area contributed by atoms with E-state index >= 15 is 0 Å². The number of amides is 1. The molecule has 1 aliphatic heterocycles. The van der Waals surface area contributed by atoms with Gasteiger partial charge in [0.15, 0.2) is 4.34 Å². The minimum absolute atomic E-state index is 0.0334. The Hall–Kier alpha value is -3.86. The third-order valence-electron chi connectivity index (χ3n) is 6.27. The Morgan fingerprint density at radius 2 is 1.54 bits per heavy atom. The molecule has 8 nitrogen and oxygen atoms in total. The number of halogens is 1. The van der Waals surface area contributed by atoms with Crippen molar-refractivity contribution < 1.29 is 24.2 Å². The summed E-state index contributed by atoms with van der Waals surface area (Å²) < 4.78 is 11.7. The van der Waals surface area contributed by atoms with Gasteiger partial charge in [-0.3, -0.25) is 14.5 Å². The number of rotatable bonds is 10. The first-order valence-electron chi connectivity index (χ1n) is 12.9. The lowest BCUT2D eigenvalue weighted by Crippen LogP contribution is -2.29. The molecule has 3 aromatic carbocycles. The van der Waals surface area contributed by atoms with E-state index in [4.69, 9.17) is 21.1 Å². The van der Waals surface area contributed by atoms with Crippen molar-refractivity contribution in [3.05, 3.63) is 100 Å². The molecule has 0 aliphatic carbocycles. The molecule has 1 aromatic heterocycles. The molecular formula is C30H26ClN3O5S2. The van der Waals surface area contributed by atoms with Crippen LogP contribution in [0.5, 0.6) is 11.5 Å². The van der Waals surface area contributed by atoms with E-state index in [2.05, 4.69) is 10.2 Å². The summed E-state index contributed by atoms with van der Waals surface area (Å²) in [5, 5.41) is 20.8. The van der Waals surface area contributed by atoms with Crippen molar-refractivity contribution in [2.75, 3.05) is 18.1 Å². The van der Waals surface area contributed by atoms with Crippen LogP contribution in [0, 0.1) is 0 Å². The number of carbonyl (C=O) groups excluding carboxylic acids is 2. The Kier molecular flexibility index (Phi) is 8.92. The maximum Gasteiger partial charge on any atom is 0.301 e. The van der Waals surface area contributed by atoms with Crippen molar-refractivity contribution in [3.63, 3.8) is 0 Å². The van der Waals surface area contributed by atoms with Crippen LogP contribution in [0.3, 0.4) is 0 Å². The number of aromatic nitrogens is 2. The van der Waals surface area contributed by atoms with Gasteiger partial charge in [0.1, 0.15) is 17.3 Å². The summed E-state index contributed by atoms with van der Waals surface area (Å²) in [5.41, 5.74) is 2.03. The molecule has 0 spiro atoms. The maximum absolute atomic E-state index is 13.5. The van der Waals surface area contributed by atoms with Crippen molar-refractivity contribution in [2.24, 2.45) is 0 Å². The van der Waals surface area contributed by atoms with Gasteiger partial charge >= 0.3 is 5.91 Å². The van der Waals surface area contributed by atoms with Crippen molar-refractivity contribution >= 4 is 57.3 Å². The zero-order chi connectivity index (χ0) is 28.9. The van der Waals surface area contributed by atoms with E-state index in [0.717, 1.165) is 5.56 Å². The molecule has 0 radical (unpaired) electrons. The molecule has 2 heterocycles.